The van der Waals surface area contributed by atoms with Gasteiger partial charge in [0.25, 0.3) is 5.91 Å². The monoisotopic (exact) mass is 597 g/mol. The normalized spacial score (nSPS) is 16.6. The summed E-state index contributed by atoms with van der Waals surface area (Å²) in [7, 11) is 1.76. The minimum atomic E-state index is -0.881. The molecule has 3 heterocycles. The lowest BCUT2D eigenvalue weighted by Gasteiger charge is -2.32. The highest BCUT2D eigenvalue weighted by atomic mass is 19.2. The molecule has 1 N–H and O–H groups in total. The summed E-state index contributed by atoms with van der Waals surface area (Å²) < 4.78 is 36.3. The molecule has 44 heavy (non-hydrogen) atoms. The van der Waals surface area contributed by atoms with Crippen LogP contribution in [0.25, 0.3) is 11.0 Å². The smallest absolute Gasteiger partial charge is 0.253 e. The first-order chi connectivity index (χ1) is 21.5. The van der Waals surface area contributed by atoms with Gasteiger partial charge in [0.15, 0.2) is 11.6 Å². The second-order valence-electron chi connectivity index (χ2n) is 11.4. The van der Waals surface area contributed by atoms with E-state index in [2.05, 4.69) is 20.9 Å². The second kappa shape index (κ2) is 13.5. The lowest BCUT2D eigenvalue weighted by Crippen LogP contribution is -2.37. The van der Waals surface area contributed by atoms with Crippen LogP contribution >= 0.6 is 0 Å². The van der Waals surface area contributed by atoms with Crippen molar-refractivity contribution in [3.8, 4) is 0 Å². The van der Waals surface area contributed by atoms with Crippen LogP contribution in [0, 0.1) is 11.6 Å². The number of halogens is 2. The van der Waals surface area contributed by atoms with E-state index in [1.165, 1.54) is 12.1 Å². The van der Waals surface area contributed by atoms with Crippen molar-refractivity contribution >= 4 is 16.9 Å². The topological polar surface area (TPSA) is 66.5 Å². The van der Waals surface area contributed by atoms with E-state index in [1.807, 2.05) is 48.5 Å². The van der Waals surface area contributed by atoms with Gasteiger partial charge in [0.2, 0.25) is 0 Å². The van der Waals surface area contributed by atoms with Gasteiger partial charge in [-0.25, -0.2) is 13.8 Å². The third-order valence-electron chi connectivity index (χ3n) is 8.50. The number of hydrogen-bond acceptors (Lipinski definition) is 5. The van der Waals surface area contributed by atoms with E-state index >= 15 is 0 Å². The van der Waals surface area contributed by atoms with Crippen LogP contribution in [0.1, 0.15) is 52.3 Å². The predicted octanol–water partition coefficient (Wildman–Crippen LogP) is 6.24. The number of rotatable bonds is 10. The summed E-state index contributed by atoms with van der Waals surface area (Å²) in [6.45, 7) is 4.10. The van der Waals surface area contributed by atoms with Crippen LogP contribution in [0.3, 0.4) is 0 Å². The molecule has 9 heteroatoms. The van der Waals surface area contributed by atoms with Crippen LogP contribution in [-0.2, 0) is 6.54 Å². The van der Waals surface area contributed by atoms with Crippen LogP contribution in [0.15, 0.2) is 95.6 Å². The molecule has 0 radical (unpaired) electrons. The fourth-order valence-corrected chi connectivity index (χ4v) is 6.19. The van der Waals surface area contributed by atoms with E-state index in [0.29, 0.717) is 37.2 Å². The highest BCUT2D eigenvalue weighted by Crippen LogP contribution is 2.30. The SMILES string of the molecule is CN(CC(CCN1CCCNCC1c1nc2ccccc2n1Cc1ccco1)c1ccc(F)c(F)c1)C(=O)c1ccccc1. The van der Waals surface area contributed by atoms with Crippen molar-refractivity contribution in [3.63, 3.8) is 0 Å². The Hall–Kier alpha value is -4.34. The lowest BCUT2D eigenvalue weighted by atomic mass is 9.94. The number of para-hydroxylation sites is 2. The van der Waals surface area contributed by atoms with E-state index in [-0.39, 0.29) is 17.9 Å². The standard InChI is InChI=1S/C35H37F2N5O2/c1-40(35(43)25-9-3-2-4-10-25)23-27(26-14-15-29(36)30(37)21-26)16-19-41-18-8-17-38-22-33(41)34-39-31-12-5-6-13-32(31)42(34)24-28-11-7-20-44-28/h2-7,9-15,20-21,27,33,38H,8,16-19,22-24H2,1H3. The number of carbonyl (C=O) groups is 1. The van der Waals surface area contributed by atoms with Gasteiger partial charge >= 0.3 is 0 Å². The van der Waals surface area contributed by atoms with Gasteiger partial charge in [0.1, 0.15) is 11.6 Å². The summed E-state index contributed by atoms with van der Waals surface area (Å²) >= 11 is 0. The molecule has 5 aromatic rings. The highest BCUT2D eigenvalue weighted by Gasteiger charge is 2.29. The van der Waals surface area contributed by atoms with Crippen LogP contribution in [0.4, 0.5) is 8.78 Å². The molecular formula is C35H37F2N5O2. The molecule has 1 saturated heterocycles. The third-order valence-corrected chi connectivity index (χ3v) is 8.50. The molecular weight excluding hydrogens is 560 g/mol. The summed E-state index contributed by atoms with van der Waals surface area (Å²) in [6, 6.07) is 25.2. The molecule has 1 fully saturated rings. The van der Waals surface area contributed by atoms with Crippen LogP contribution in [0.5, 0.6) is 0 Å². The maximum atomic E-state index is 14.4. The molecule has 0 aliphatic carbocycles. The van der Waals surface area contributed by atoms with Gasteiger partial charge in [-0.2, -0.15) is 0 Å². The number of likely N-dealkylation sites (N-methyl/N-ethyl adjacent to an activating group) is 1. The van der Waals surface area contributed by atoms with Crippen molar-refractivity contribution in [3.05, 3.63) is 126 Å². The number of benzene rings is 3. The summed E-state index contributed by atoms with van der Waals surface area (Å²) in [5, 5.41) is 3.59. The van der Waals surface area contributed by atoms with Crippen molar-refractivity contribution in [1.82, 2.24) is 24.7 Å². The zero-order valence-electron chi connectivity index (χ0n) is 24.8. The number of nitrogens with one attached hydrogen (secondary N) is 1. The molecule has 2 aromatic heterocycles. The van der Waals surface area contributed by atoms with Crippen LogP contribution in [0.2, 0.25) is 0 Å². The van der Waals surface area contributed by atoms with E-state index in [4.69, 9.17) is 9.40 Å². The zero-order valence-corrected chi connectivity index (χ0v) is 24.8. The van der Waals surface area contributed by atoms with E-state index < -0.39 is 11.6 Å². The quantitative estimate of drug-likeness (QED) is 0.207. The Balaban J connectivity index is 1.28. The molecule has 0 saturated carbocycles. The molecule has 1 aliphatic heterocycles. The average Bonchev–Trinajstić information content (AvgIpc) is 3.62. The molecule has 0 spiro atoms. The van der Waals surface area contributed by atoms with Crippen molar-refractivity contribution in [1.29, 1.82) is 0 Å². The fraction of sp³-hybridized carbons (Fsp3) is 0.314. The van der Waals surface area contributed by atoms with Gasteiger partial charge < -0.3 is 19.2 Å². The number of aromatic nitrogens is 2. The van der Waals surface area contributed by atoms with Crippen molar-refractivity contribution in [2.24, 2.45) is 0 Å². The zero-order chi connectivity index (χ0) is 30.5. The van der Waals surface area contributed by atoms with Crippen molar-refractivity contribution in [2.45, 2.75) is 31.3 Å². The van der Waals surface area contributed by atoms with Gasteiger partial charge in [-0.3, -0.25) is 9.69 Å². The Kier molecular flexibility index (Phi) is 9.14. The van der Waals surface area contributed by atoms with E-state index in [1.54, 1.807) is 36.4 Å². The first-order valence-electron chi connectivity index (χ1n) is 15.2. The molecule has 1 amide bonds. The van der Waals surface area contributed by atoms with Crippen LogP contribution < -0.4 is 5.32 Å². The van der Waals surface area contributed by atoms with Crippen LogP contribution in [-0.4, -0.2) is 65.0 Å². The Bertz CT molecular complexity index is 1690. The number of imidazole rings is 1. The minimum absolute atomic E-state index is 0.0193. The molecule has 6 rings (SSSR count). The first-order valence-corrected chi connectivity index (χ1v) is 15.2. The summed E-state index contributed by atoms with van der Waals surface area (Å²) in [4.78, 5) is 22.5. The maximum absolute atomic E-state index is 14.4. The van der Waals surface area contributed by atoms with Crippen molar-refractivity contribution < 1.29 is 18.0 Å². The van der Waals surface area contributed by atoms with Gasteiger partial charge in [-0.05, 0) is 80.0 Å². The Morgan fingerprint density at radius 3 is 2.66 bits per heavy atom. The molecule has 7 nitrogen and oxygen atoms in total. The molecule has 2 unspecified atom stereocenters. The van der Waals surface area contributed by atoms with Gasteiger partial charge in [0.05, 0.1) is 29.9 Å². The molecule has 228 valence electrons. The number of carbonyl (C=O) groups excluding carboxylic acids is 1. The van der Waals surface area contributed by atoms with Gasteiger partial charge in [0, 0.05) is 38.2 Å². The molecule has 3 aromatic carbocycles. The fourth-order valence-electron chi connectivity index (χ4n) is 6.19. The largest absolute Gasteiger partial charge is 0.467 e. The number of nitrogens with zero attached hydrogens (tertiary/aromatic N) is 4. The Morgan fingerprint density at radius 2 is 1.86 bits per heavy atom. The summed E-state index contributed by atoms with van der Waals surface area (Å²) in [5.41, 5.74) is 3.24. The highest BCUT2D eigenvalue weighted by molar-refractivity contribution is 5.94. The van der Waals surface area contributed by atoms with E-state index in [0.717, 1.165) is 48.7 Å². The van der Waals surface area contributed by atoms with E-state index in [9.17, 15) is 13.6 Å². The second-order valence-corrected chi connectivity index (χ2v) is 11.4. The van der Waals surface area contributed by atoms with Crippen molar-refractivity contribution in [2.75, 3.05) is 39.8 Å². The maximum Gasteiger partial charge on any atom is 0.253 e. The summed E-state index contributed by atoms with van der Waals surface area (Å²) in [6.07, 6.45) is 3.30. The molecule has 1 aliphatic rings. The van der Waals surface area contributed by atoms with Gasteiger partial charge in [-0.15, -0.1) is 0 Å². The Labute approximate surface area is 256 Å². The summed E-state index contributed by atoms with van der Waals surface area (Å²) in [5.74, 6) is -0.267. The number of fused-ring (bicyclic) bond motifs is 1. The third kappa shape index (κ3) is 6.59. The average molecular weight is 598 g/mol. The molecule has 2 atom stereocenters. The minimum Gasteiger partial charge on any atom is -0.467 e. The number of amides is 1. The van der Waals surface area contributed by atoms with Gasteiger partial charge in [-0.1, -0.05) is 36.4 Å². The predicted molar refractivity (Wildman–Crippen MR) is 166 cm³/mol. The number of furan rings is 1. The lowest BCUT2D eigenvalue weighted by molar-refractivity contribution is 0.0781. The molecule has 0 bridgehead atoms. The Morgan fingerprint density at radius 1 is 1.05 bits per heavy atom. The number of hydrogen-bond donors (Lipinski definition) is 1. The first kappa shape index (κ1) is 29.7.